The number of alkyl halides is 2. The number of benzene rings is 2. The number of fused-ring (bicyclic) bond motifs is 1. The fourth-order valence-electron chi connectivity index (χ4n) is 2.86. The van der Waals surface area contributed by atoms with E-state index in [4.69, 9.17) is 0 Å². The SMILES string of the molecule is CC(F)(F)c1cc(=O)[nH]c2ccc(Cc3ccc(S(C)(=O)=O)cc3)cc12. The van der Waals surface area contributed by atoms with Gasteiger partial charge in [-0.05, 0) is 41.8 Å². The summed E-state index contributed by atoms with van der Waals surface area (Å²) < 4.78 is 50.8. The number of aromatic amines is 1. The second-order valence-electron chi connectivity index (χ2n) is 6.41. The van der Waals surface area contributed by atoms with E-state index in [0.29, 0.717) is 17.3 Å². The Morgan fingerprint density at radius 1 is 1.00 bits per heavy atom. The number of hydrogen-bond donors (Lipinski definition) is 1. The van der Waals surface area contributed by atoms with Crippen molar-refractivity contribution in [1.82, 2.24) is 4.98 Å². The Hall–Kier alpha value is -2.54. The van der Waals surface area contributed by atoms with Gasteiger partial charge in [-0.2, -0.15) is 0 Å². The largest absolute Gasteiger partial charge is 0.322 e. The molecule has 1 N–H and O–H groups in total. The summed E-state index contributed by atoms with van der Waals surface area (Å²) in [5.41, 5.74) is 1.10. The first kappa shape index (κ1) is 18.3. The monoisotopic (exact) mass is 377 g/mol. The summed E-state index contributed by atoms with van der Waals surface area (Å²) in [5.74, 6) is -3.14. The van der Waals surface area contributed by atoms with E-state index in [1.807, 2.05) is 0 Å². The Bertz CT molecular complexity index is 1130. The molecule has 3 rings (SSSR count). The van der Waals surface area contributed by atoms with E-state index in [-0.39, 0.29) is 10.5 Å². The van der Waals surface area contributed by atoms with Crippen molar-refractivity contribution in [2.45, 2.75) is 24.2 Å². The summed E-state index contributed by atoms with van der Waals surface area (Å²) in [6.45, 7) is 0.762. The van der Waals surface area contributed by atoms with Crippen molar-refractivity contribution in [3.05, 3.63) is 75.6 Å². The number of sulfone groups is 1. The molecule has 3 aromatic rings. The van der Waals surface area contributed by atoms with Crippen LogP contribution in [0.2, 0.25) is 0 Å². The summed E-state index contributed by atoms with van der Waals surface area (Å²) in [6, 6.07) is 12.3. The van der Waals surface area contributed by atoms with Gasteiger partial charge < -0.3 is 4.98 Å². The third-order valence-electron chi connectivity index (χ3n) is 4.14. The molecule has 0 saturated heterocycles. The molecule has 1 heterocycles. The second-order valence-corrected chi connectivity index (χ2v) is 8.42. The molecule has 0 unspecified atom stereocenters. The maximum atomic E-state index is 13.9. The lowest BCUT2D eigenvalue weighted by molar-refractivity contribution is 0.0189. The Balaban J connectivity index is 2.01. The van der Waals surface area contributed by atoms with Crippen LogP contribution in [0.3, 0.4) is 0 Å². The van der Waals surface area contributed by atoms with Crippen LogP contribution >= 0.6 is 0 Å². The highest BCUT2D eigenvalue weighted by Crippen LogP contribution is 2.32. The third-order valence-corrected chi connectivity index (χ3v) is 5.27. The highest BCUT2D eigenvalue weighted by Gasteiger charge is 2.27. The van der Waals surface area contributed by atoms with Gasteiger partial charge in [-0.15, -0.1) is 0 Å². The van der Waals surface area contributed by atoms with Gasteiger partial charge in [0.2, 0.25) is 5.56 Å². The van der Waals surface area contributed by atoms with Gasteiger partial charge in [0.15, 0.2) is 9.84 Å². The van der Waals surface area contributed by atoms with Gasteiger partial charge in [0.05, 0.1) is 4.90 Å². The van der Waals surface area contributed by atoms with Crippen LogP contribution in [-0.4, -0.2) is 19.7 Å². The molecule has 0 spiro atoms. The van der Waals surface area contributed by atoms with E-state index in [9.17, 15) is 22.0 Å². The lowest BCUT2D eigenvalue weighted by Gasteiger charge is -2.14. The maximum absolute atomic E-state index is 13.9. The van der Waals surface area contributed by atoms with Crippen LogP contribution < -0.4 is 5.56 Å². The van der Waals surface area contributed by atoms with Crippen LogP contribution in [-0.2, 0) is 22.2 Å². The average Bonchev–Trinajstić information content (AvgIpc) is 2.53. The number of H-pyrrole nitrogens is 1. The molecule has 136 valence electrons. The summed E-state index contributed by atoms with van der Waals surface area (Å²) in [5, 5.41) is 0.294. The van der Waals surface area contributed by atoms with E-state index < -0.39 is 21.3 Å². The number of hydrogen-bond acceptors (Lipinski definition) is 3. The van der Waals surface area contributed by atoms with Gasteiger partial charge in [-0.3, -0.25) is 4.79 Å². The number of nitrogens with one attached hydrogen (secondary N) is 1. The van der Waals surface area contributed by atoms with E-state index in [1.165, 1.54) is 12.1 Å². The van der Waals surface area contributed by atoms with Crippen LogP contribution in [0, 0.1) is 0 Å². The molecule has 0 aliphatic heterocycles. The summed E-state index contributed by atoms with van der Waals surface area (Å²) >= 11 is 0. The number of rotatable bonds is 4. The fourth-order valence-corrected chi connectivity index (χ4v) is 3.49. The predicted molar refractivity (Wildman–Crippen MR) is 96.5 cm³/mol. The van der Waals surface area contributed by atoms with E-state index in [0.717, 1.165) is 30.4 Å². The van der Waals surface area contributed by atoms with Crippen LogP contribution in [0.1, 0.15) is 23.6 Å². The molecule has 0 saturated carbocycles. The molecular weight excluding hydrogens is 360 g/mol. The molecule has 0 radical (unpaired) electrons. The van der Waals surface area contributed by atoms with Gasteiger partial charge in [0, 0.05) is 35.7 Å². The van der Waals surface area contributed by atoms with Crippen molar-refractivity contribution in [2.75, 3.05) is 6.26 Å². The first-order valence-corrected chi connectivity index (χ1v) is 9.76. The molecule has 0 fully saturated rings. The minimum atomic E-state index is -3.26. The molecule has 0 aliphatic rings. The molecule has 0 bridgehead atoms. The molecule has 0 aliphatic carbocycles. The molecule has 26 heavy (non-hydrogen) atoms. The van der Waals surface area contributed by atoms with Gasteiger partial charge in [0.25, 0.3) is 5.92 Å². The molecule has 4 nitrogen and oxygen atoms in total. The quantitative estimate of drug-likeness (QED) is 0.755. The van der Waals surface area contributed by atoms with Gasteiger partial charge in [-0.1, -0.05) is 18.2 Å². The topological polar surface area (TPSA) is 67.0 Å². The Morgan fingerprint density at radius 2 is 1.62 bits per heavy atom. The molecule has 1 aromatic heterocycles. The number of pyridine rings is 1. The highest BCUT2D eigenvalue weighted by atomic mass is 32.2. The van der Waals surface area contributed by atoms with Gasteiger partial charge >= 0.3 is 0 Å². The molecule has 0 amide bonds. The van der Waals surface area contributed by atoms with E-state index in [2.05, 4.69) is 4.98 Å². The second kappa shape index (κ2) is 6.32. The Kier molecular flexibility index (Phi) is 4.44. The minimum Gasteiger partial charge on any atom is -0.322 e. The van der Waals surface area contributed by atoms with Crippen LogP contribution in [0.4, 0.5) is 8.78 Å². The fraction of sp³-hybridized carbons (Fsp3) is 0.211. The summed E-state index contributed by atoms with van der Waals surface area (Å²) in [7, 11) is -3.26. The van der Waals surface area contributed by atoms with Crippen LogP contribution in [0.25, 0.3) is 10.9 Å². The van der Waals surface area contributed by atoms with Crippen LogP contribution in [0.15, 0.2) is 58.2 Å². The first-order valence-electron chi connectivity index (χ1n) is 7.87. The van der Waals surface area contributed by atoms with Crippen molar-refractivity contribution >= 4 is 20.7 Å². The summed E-state index contributed by atoms with van der Waals surface area (Å²) in [4.78, 5) is 14.4. The lowest BCUT2D eigenvalue weighted by atomic mass is 9.99. The maximum Gasteiger partial charge on any atom is 0.271 e. The normalized spacial score (nSPS) is 12.5. The standard InChI is InChI=1S/C19H17F2NO3S/c1-19(20,21)16-11-18(23)22-17-8-5-13(10-15(16)17)9-12-3-6-14(7-4-12)26(2,24)25/h3-8,10-11H,9H2,1-2H3,(H,22,23). The Morgan fingerprint density at radius 3 is 2.19 bits per heavy atom. The number of aromatic nitrogens is 1. The average molecular weight is 377 g/mol. The first-order chi connectivity index (χ1) is 12.0. The smallest absolute Gasteiger partial charge is 0.271 e. The third kappa shape index (κ3) is 3.83. The molecular formula is C19H17F2NO3S. The predicted octanol–water partition coefficient (Wildman–Crippen LogP) is 3.63. The van der Waals surface area contributed by atoms with E-state index >= 15 is 0 Å². The summed E-state index contributed by atoms with van der Waals surface area (Å²) in [6.07, 6.45) is 1.59. The van der Waals surface area contributed by atoms with Gasteiger partial charge in [0.1, 0.15) is 0 Å². The zero-order valence-electron chi connectivity index (χ0n) is 14.2. The van der Waals surface area contributed by atoms with Crippen molar-refractivity contribution in [3.8, 4) is 0 Å². The van der Waals surface area contributed by atoms with E-state index in [1.54, 1.807) is 30.3 Å². The lowest BCUT2D eigenvalue weighted by Crippen LogP contribution is -2.15. The van der Waals surface area contributed by atoms with Gasteiger partial charge in [-0.25, -0.2) is 17.2 Å². The molecule has 2 aromatic carbocycles. The zero-order chi connectivity index (χ0) is 19.1. The Labute approximate surface area is 149 Å². The number of halogens is 2. The van der Waals surface area contributed by atoms with Crippen molar-refractivity contribution < 1.29 is 17.2 Å². The minimum absolute atomic E-state index is 0.227. The van der Waals surface area contributed by atoms with Crippen molar-refractivity contribution in [1.29, 1.82) is 0 Å². The molecule has 7 heteroatoms. The van der Waals surface area contributed by atoms with Crippen molar-refractivity contribution in [3.63, 3.8) is 0 Å². The van der Waals surface area contributed by atoms with Crippen LogP contribution in [0.5, 0.6) is 0 Å². The zero-order valence-corrected chi connectivity index (χ0v) is 15.0. The van der Waals surface area contributed by atoms with Crippen molar-refractivity contribution in [2.24, 2.45) is 0 Å². The highest BCUT2D eigenvalue weighted by molar-refractivity contribution is 7.90. The molecule has 0 atom stereocenters.